The van der Waals surface area contributed by atoms with Crippen LogP contribution in [-0.4, -0.2) is 65.0 Å². The number of ether oxygens (including phenoxy) is 3. The van der Waals surface area contributed by atoms with Gasteiger partial charge in [-0.2, -0.15) is 4.31 Å². The predicted molar refractivity (Wildman–Crippen MR) is 122 cm³/mol. The van der Waals surface area contributed by atoms with Gasteiger partial charge in [-0.15, -0.1) is 0 Å². The number of carbonyl (C=O) groups is 3. The number of esters is 2. The third kappa shape index (κ3) is 5.37. The van der Waals surface area contributed by atoms with Crippen molar-refractivity contribution >= 4 is 33.6 Å². The second kappa shape index (κ2) is 10.7. The van der Waals surface area contributed by atoms with E-state index in [-0.39, 0.29) is 34.8 Å². The highest BCUT2D eigenvalue weighted by atomic mass is 32.2. The maximum atomic E-state index is 13.1. The van der Waals surface area contributed by atoms with Gasteiger partial charge in [-0.25, -0.2) is 18.0 Å². The number of methoxy groups -OCH3 is 3. The third-order valence-corrected chi connectivity index (χ3v) is 7.44. The topological polar surface area (TPSA) is 128 Å². The lowest BCUT2D eigenvalue weighted by Crippen LogP contribution is -2.43. The molecule has 2 aromatic carbocycles. The van der Waals surface area contributed by atoms with Gasteiger partial charge in [0.05, 0.1) is 49.0 Å². The number of rotatable bonds is 7. The Morgan fingerprint density at radius 1 is 0.971 bits per heavy atom. The number of benzene rings is 2. The number of piperidine rings is 1. The van der Waals surface area contributed by atoms with Crippen LogP contribution in [-0.2, 0) is 24.3 Å². The van der Waals surface area contributed by atoms with Gasteiger partial charge in [0.2, 0.25) is 15.9 Å². The fourth-order valence-corrected chi connectivity index (χ4v) is 5.21. The predicted octanol–water partition coefficient (Wildman–Crippen LogP) is 2.31. The van der Waals surface area contributed by atoms with Crippen LogP contribution in [0, 0.1) is 5.92 Å². The van der Waals surface area contributed by atoms with Crippen LogP contribution in [0.3, 0.4) is 0 Å². The van der Waals surface area contributed by atoms with Gasteiger partial charge in [-0.3, -0.25) is 4.79 Å². The first kappa shape index (κ1) is 25.2. The molecule has 0 bridgehead atoms. The number of carbonyl (C=O) groups excluding carboxylic acids is 3. The highest BCUT2D eigenvalue weighted by Gasteiger charge is 2.34. The van der Waals surface area contributed by atoms with Gasteiger partial charge < -0.3 is 19.5 Å². The minimum Gasteiger partial charge on any atom is -0.497 e. The molecule has 0 saturated carbocycles. The van der Waals surface area contributed by atoms with E-state index >= 15 is 0 Å². The average Bonchev–Trinajstić information content (AvgIpc) is 2.87. The molecule has 1 fully saturated rings. The number of amides is 1. The summed E-state index contributed by atoms with van der Waals surface area (Å²) in [6.45, 7) is 0.258. The Bertz CT molecular complexity index is 1180. The standard InChI is InChI=1S/C23H26N2O8S/c1-31-17-7-9-18(10-8-17)34(29,30)25-12-4-5-16(14-25)21(26)24-20-13-15(22(27)32-2)6-11-19(20)23(28)33-3/h6-11,13,16H,4-5,12,14H2,1-3H3,(H,24,26)/t16-/m0/s1. The van der Waals surface area contributed by atoms with Crippen molar-refractivity contribution in [3.63, 3.8) is 0 Å². The van der Waals surface area contributed by atoms with Crippen molar-refractivity contribution in [1.29, 1.82) is 0 Å². The van der Waals surface area contributed by atoms with Crippen molar-refractivity contribution in [3.8, 4) is 5.75 Å². The fraction of sp³-hybridized carbons (Fsp3) is 0.348. The van der Waals surface area contributed by atoms with Gasteiger partial charge in [-0.05, 0) is 55.3 Å². The van der Waals surface area contributed by atoms with Crippen LogP contribution in [0.5, 0.6) is 5.75 Å². The SMILES string of the molecule is COC(=O)c1ccc(C(=O)OC)c(NC(=O)[C@H]2CCCN(S(=O)(=O)c3ccc(OC)cc3)C2)c1. The molecule has 0 unspecified atom stereocenters. The van der Waals surface area contributed by atoms with Crippen molar-refractivity contribution in [2.75, 3.05) is 39.7 Å². The first-order valence-electron chi connectivity index (χ1n) is 10.5. The van der Waals surface area contributed by atoms with Crippen LogP contribution in [0.1, 0.15) is 33.6 Å². The lowest BCUT2D eigenvalue weighted by atomic mass is 9.98. The fourth-order valence-electron chi connectivity index (χ4n) is 3.69. The van der Waals surface area contributed by atoms with E-state index in [0.717, 1.165) is 0 Å². The normalized spacial score (nSPS) is 16.4. The van der Waals surface area contributed by atoms with E-state index < -0.39 is 33.8 Å². The Kier molecular flexibility index (Phi) is 7.90. The van der Waals surface area contributed by atoms with Crippen molar-refractivity contribution in [3.05, 3.63) is 53.6 Å². The van der Waals surface area contributed by atoms with Crippen LogP contribution in [0.25, 0.3) is 0 Å². The zero-order valence-corrected chi connectivity index (χ0v) is 19.9. The Hall–Kier alpha value is -3.44. The number of nitrogens with zero attached hydrogens (tertiary/aromatic N) is 1. The van der Waals surface area contributed by atoms with Crippen molar-refractivity contribution in [2.45, 2.75) is 17.7 Å². The first-order valence-corrected chi connectivity index (χ1v) is 11.9. The summed E-state index contributed by atoms with van der Waals surface area (Å²) in [5, 5.41) is 2.66. The van der Waals surface area contributed by atoms with Gasteiger partial charge in [0.25, 0.3) is 0 Å². The molecule has 10 nitrogen and oxygen atoms in total. The van der Waals surface area contributed by atoms with Crippen molar-refractivity contribution in [1.82, 2.24) is 4.31 Å². The Morgan fingerprint density at radius 3 is 2.26 bits per heavy atom. The van der Waals surface area contributed by atoms with Crippen molar-refractivity contribution < 1.29 is 37.0 Å². The Labute approximate surface area is 197 Å². The monoisotopic (exact) mass is 490 g/mol. The Balaban J connectivity index is 1.81. The zero-order valence-electron chi connectivity index (χ0n) is 19.1. The molecule has 3 rings (SSSR count). The maximum Gasteiger partial charge on any atom is 0.339 e. The molecule has 1 N–H and O–H groups in total. The molecule has 11 heteroatoms. The second-order valence-corrected chi connectivity index (χ2v) is 9.55. The molecular weight excluding hydrogens is 464 g/mol. The smallest absolute Gasteiger partial charge is 0.339 e. The largest absolute Gasteiger partial charge is 0.497 e. The van der Waals surface area contributed by atoms with E-state index in [4.69, 9.17) is 14.2 Å². The van der Waals surface area contributed by atoms with Crippen molar-refractivity contribution in [2.24, 2.45) is 5.92 Å². The molecule has 1 saturated heterocycles. The second-order valence-electron chi connectivity index (χ2n) is 7.61. The van der Waals surface area contributed by atoms with E-state index in [2.05, 4.69) is 5.32 Å². The third-order valence-electron chi connectivity index (χ3n) is 5.56. The molecule has 1 amide bonds. The molecule has 0 radical (unpaired) electrons. The zero-order chi connectivity index (χ0) is 24.9. The number of hydrogen-bond acceptors (Lipinski definition) is 8. The number of hydrogen-bond donors (Lipinski definition) is 1. The Morgan fingerprint density at radius 2 is 1.65 bits per heavy atom. The summed E-state index contributed by atoms with van der Waals surface area (Å²) in [7, 11) is 0.0957. The average molecular weight is 491 g/mol. The first-order chi connectivity index (χ1) is 16.2. The van der Waals surface area contributed by atoms with E-state index in [1.165, 1.54) is 56.0 Å². The molecule has 182 valence electrons. The summed E-state index contributed by atoms with van der Waals surface area (Å²) in [5.41, 5.74) is 0.273. The van der Waals surface area contributed by atoms with E-state index in [1.54, 1.807) is 12.1 Å². The van der Waals surface area contributed by atoms with E-state index in [0.29, 0.717) is 18.6 Å². The van der Waals surface area contributed by atoms with Crippen LogP contribution in [0.4, 0.5) is 5.69 Å². The summed E-state index contributed by atoms with van der Waals surface area (Å²) in [6.07, 6.45) is 0.949. The van der Waals surface area contributed by atoms with Crippen LogP contribution < -0.4 is 10.1 Å². The van der Waals surface area contributed by atoms with Gasteiger partial charge in [0.15, 0.2) is 0 Å². The van der Waals surface area contributed by atoms with Gasteiger partial charge >= 0.3 is 11.9 Å². The summed E-state index contributed by atoms with van der Waals surface area (Å²) in [5.74, 6) is -1.93. The highest BCUT2D eigenvalue weighted by Crippen LogP contribution is 2.27. The molecular formula is C23H26N2O8S. The molecule has 1 heterocycles. The number of sulfonamides is 1. The quantitative estimate of drug-likeness (QED) is 0.586. The summed E-state index contributed by atoms with van der Waals surface area (Å²) >= 11 is 0. The summed E-state index contributed by atoms with van der Waals surface area (Å²) in [6, 6.07) is 10.1. The molecule has 1 aliphatic heterocycles. The molecule has 2 aromatic rings. The molecule has 0 spiro atoms. The molecule has 1 aliphatic rings. The van der Waals surface area contributed by atoms with Gasteiger partial charge in [0, 0.05) is 13.1 Å². The lowest BCUT2D eigenvalue weighted by molar-refractivity contribution is -0.120. The maximum absolute atomic E-state index is 13.1. The summed E-state index contributed by atoms with van der Waals surface area (Å²) < 4.78 is 42.0. The minimum absolute atomic E-state index is 0.0234. The van der Waals surface area contributed by atoms with Crippen LogP contribution in [0.15, 0.2) is 47.4 Å². The minimum atomic E-state index is -3.81. The van der Waals surface area contributed by atoms with E-state index in [1.807, 2.05) is 0 Å². The molecule has 0 aromatic heterocycles. The molecule has 0 aliphatic carbocycles. The van der Waals surface area contributed by atoms with Gasteiger partial charge in [0.1, 0.15) is 5.75 Å². The number of nitrogens with one attached hydrogen (secondary N) is 1. The van der Waals surface area contributed by atoms with E-state index in [9.17, 15) is 22.8 Å². The molecule has 1 atom stereocenters. The van der Waals surface area contributed by atoms with Crippen LogP contribution >= 0.6 is 0 Å². The molecule has 34 heavy (non-hydrogen) atoms. The van der Waals surface area contributed by atoms with Crippen LogP contribution in [0.2, 0.25) is 0 Å². The summed E-state index contributed by atoms with van der Waals surface area (Å²) in [4.78, 5) is 37.2. The van der Waals surface area contributed by atoms with Gasteiger partial charge in [-0.1, -0.05) is 0 Å². The number of anilines is 1. The highest BCUT2D eigenvalue weighted by molar-refractivity contribution is 7.89. The lowest BCUT2D eigenvalue weighted by Gasteiger charge is -2.31.